The maximum absolute atomic E-state index is 11.7. The van der Waals surface area contributed by atoms with Crippen LogP contribution in [0.3, 0.4) is 0 Å². The number of pyridine rings is 1. The Morgan fingerprint density at radius 1 is 1.07 bits per heavy atom. The van der Waals surface area contributed by atoms with Gasteiger partial charge in [-0.25, -0.2) is 8.42 Å². The molecule has 0 aliphatic carbocycles. The van der Waals surface area contributed by atoms with Crippen LogP contribution in [-0.4, -0.2) is 32.7 Å². The van der Waals surface area contributed by atoms with E-state index in [9.17, 15) is 8.42 Å². The van der Waals surface area contributed by atoms with E-state index in [4.69, 9.17) is 0 Å². The largest absolute Gasteiger partial charge is 0.352 e. The van der Waals surface area contributed by atoms with Gasteiger partial charge in [-0.1, -0.05) is 30.3 Å². The maximum atomic E-state index is 11.7. The average Bonchev–Trinajstić information content (AvgIpc) is 2.67. The summed E-state index contributed by atoms with van der Waals surface area (Å²) < 4.78 is 23.5. The highest BCUT2D eigenvalue weighted by molar-refractivity contribution is 7.90. The van der Waals surface area contributed by atoms with E-state index in [0.29, 0.717) is 23.9 Å². The van der Waals surface area contributed by atoms with Crippen molar-refractivity contribution in [2.45, 2.75) is 24.9 Å². The molecule has 0 unspecified atom stereocenters. The van der Waals surface area contributed by atoms with Gasteiger partial charge in [-0.05, 0) is 41.8 Å². The minimum Gasteiger partial charge on any atom is -0.352 e. The van der Waals surface area contributed by atoms with Crippen molar-refractivity contribution in [2.24, 2.45) is 4.99 Å². The summed E-state index contributed by atoms with van der Waals surface area (Å²) in [5.74, 6) is 0.672. The van der Waals surface area contributed by atoms with Crippen LogP contribution < -0.4 is 10.6 Å². The highest BCUT2D eigenvalue weighted by atomic mass is 32.2. The first kappa shape index (κ1) is 19.8. The molecule has 1 heterocycles. The number of benzene rings is 2. The van der Waals surface area contributed by atoms with Gasteiger partial charge in [0.05, 0.1) is 10.4 Å². The second kappa shape index (κ2) is 8.39. The molecule has 0 aliphatic heterocycles. The van der Waals surface area contributed by atoms with Crippen LogP contribution in [0.4, 0.5) is 0 Å². The zero-order chi connectivity index (χ0) is 20.1. The van der Waals surface area contributed by atoms with E-state index in [1.165, 1.54) is 6.26 Å². The Labute approximate surface area is 165 Å². The fourth-order valence-electron chi connectivity index (χ4n) is 3.13. The second-order valence-corrected chi connectivity index (χ2v) is 8.62. The number of rotatable bonds is 5. The van der Waals surface area contributed by atoms with Gasteiger partial charge in [0.2, 0.25) is 0 Å². The zero-order valence-electron chi connectivity index (χ0n) is 16.2. The first-order chi connectivity index (χ1) is 13.4. The number of aromatic nitrogens is 1. The van der Waals surface area contributed by atoms with Crippen LogP contribution in [0.5, 0.6) is 0 Å². The van der Waals surface area contributed by atoms with Gasteiger partial charge in [-0.15, -0.1) is 0 Å². The molecule has 1 aromatic heterocycles. The van der Waals surface area contributed by atoms with Gasteiger partial charge in [0, 0.05) is 38.0 Å². The number of hydrogen-bond acceptors (Lipinski definition) is 4. The lowest BCUT2D eigenvalue weighted by molar-refractivity contribution is 0.601. The van der Waals surface area contributed by atoms with Gasteiger partial charge in [0.1, 0.15) is 0 Å². The Morgan fingerprint density at radius 3 is 2.54 bits per heavy atom. The fourth-order valence-corrected chi connectivity index (χ4v) is 4.09. The summed E-state index contributed by atoms with van der Waals surface area (Å²) in [5, 5.41) is 7.69. The first-order valence-corrected chi connectivity index (χ1v) is 10.8. The third-order valence-corrected chi connectivity index (χ3v) is 5.77. The second-order valence-electron chi connectivity index (χ2n) is 6.64. The summed E-state index contributed by atoms with van der Waals surface area (Å²) in [7, 11) is -1.48. The Morgan fingerprint density at radius 2 is 1.82 bits per heavy atom. The van der Waals surface area contributed by atoms with E-state index in [1.807, 2.05) is 49.5 Å². The fraction of sp³-hybridized carbons (Fsp3) is 0.238. The third-order valence-electron chi connectivity index (χ3n) is 4.51. The standard InChI is InChI=1S/C21H24N4O2S/c1-15-12-16(8-9-20(15)28(3,26)27)13-24-21(22-2)25-14-17-10-11-23-19-7-5-4-6-18(17)19/h4-12H,13-14H2,1-3H3,(H2,22,24,25). The number of hydrogen-bond donors (Lipinski definition) is 2. The number of nitrogens with one attached hydrogen (secondary N) is 2. The molecular weight excluding hydrogens is 372 g/mol. The van der Waals surface area contributed by atoms with E-state index in [2.05, 4.69) is 26.7 Å². The van der Waals surface area contributed by atoms with Crippen molar-refractivity contribution in [3.8, 4) is 0 Å². The molecule has 3 aromatic rings. The number of sulfone groups is 1. The van der Waals surface area contributed by atoms with Gasteiger partial charge in [-0.3, -0.25) is 9.98 Å². The lowest BCUT2D eigenvalue weighted by atomic mass is 10.1. The van der Waals surface area contributed by atoms with Gasteiger partial charge >= 0.3 is 0 Å². The van der Waals surface area contributed by atoms with E-state index < -0.39 is 9.84 Å². The van der Waals surface area contributed by atoms with Crippen LogP contribution in [0.25, 0.3) is 10.9 Å². The van der Waals surface area contributed by atoms with E-state index in [1.54, 1.807) is 13.1 Å². The van der Waals surface area contributed by atoms with Crippen molar-refractivity contribution >= 4 is 26.7 Å². The molecular formula is C21H24N4O2S. The number of fused-ring (bicyclic) bond motifs is 1. The molecule has 0 radical (unpaired) electrons. The minimum atomic E-state index is -3.21. The molecule has 2 N–H and O–H groups in total. The topological polar surface area (TPSA) is 83.5 Å². The Hall–Kier alpha value is -2.93. The molecule has 146 valence electrons. The number of aryl methyl sites for hydroxylation is 1. The maximum Gasteiger partial charge on any atom is 0.191 e. The molecule has 0 atom stereocenters. The van der Waals surface area contributed by atoms with Crippen molar-refractivity contribution in [2.75, 3.05) is 13.3 Å². The van der Waals surface area contributed by atoms with Gasteiger partial charge in [-0.2, -0.15) is 0 Å². The van der Waals surface area contributed by atoms with Crippen molar-refractivity contribution in [1.29, 1.82) is 0 Å². The number of para-hydroxylation sites is 1. The van der Waals surface area contributed by atoms with Crippen molar-refractivity contribution in [3.05, 3.63) is 71.4 Å². The van der Waals surface area contributed by atoms with Crippen LogP contribution in [0, 0.1) is 6.92 Å². The molecule has 0 amide bonds. The van der Waals surface area contributed by atoms with Gasteiger partial charge in [0.25, 0.3) is 0 Å². The van der Waals surface area contributed by atoms with Crippen LogP contribution in [0.15, 0.2) is 64.6 Å². The Bertz CT molecular complexity index is 1120. The minimum absolute atomic E-state index is 0.364. The SMILES string of the molecule is CN=C(NCc1ccc(S(C)(=O)=O)c(C)c1)NCc1ccnc2ccccc12. The average molecular weight is 397 g/mol. The molecule has 0 aliphatic rings. The molecule has 3 rings (SSSR count). The Balaban J connectivity index is 1.65. The summed E-state index contributed by atoms with van der Waals surface area (Å²) in [6, 6.07) is 15.4. The first-order valence-electron chi connectivity index (χ1n) is 8.95. The predicted molar refractivity (Wildman–Crippen MR) is 113 cm³/mol. The molecule has 0 saturated carbocycles. The molecule has 28 heavy (non-hydrogen) atoms. The van der Waals surface area contributed by atoms with Crippen LogP contribution in [0.2, 0.25) is 0 Å². The monoisotopic (exact) mass is 396 g/mol. The van der Waals surface area contributed by atoms with Gasteiger partial charge in [0.15, 0.2) is 15.8 Å². The predicted octanol–water partition coefficient (Wildman–Crippen LogP) is 2.81. The normalized spacial score (nSPS) is 12.2. The highest BCUT2D eigenvalue weighted by Crippen LogP contribution is 2.17. The summed E-state index contributed by atoms with van der Waals surface area (Å²) in [6.45, 7) is 2.97. The number of aliphatic imine (C=N–C) groups is 1. The highest BCUT2D eigenvalue weighted by Gasteiger charge is 2.11. The van der Waals surface area contributed by atoms with E-state index in [0.717, 1.165) is 27.6 Å². The summed E-state index contributed by atoms with van der Waals surface area (Å²) in [4.78, 5) is 9.01. The van der Waals surface area contributed by atoms with Crippen molar-refractivity contribution in [1.82, 2.24) is 15.6 Å². The van der Waals surface area contributed by atoms with Crippen molar-refractivity contribution < 1.29 is 8.42 Å². The molecule has 6 nitrogen and oxygen atoms in total. The van der Waals surface area contributed by atoms with Crippen LogP contribution in [-0.2, 0) is 22.9 Å². The molecule has 7 heteroatoms. The molecule has 0 fully saturated rings. The van der Waals surface area contributed by atoms with Crippen LogP contribution >= 0.6 is 0 Å². The summed E-state index contributed by atoms with van der Waals surface area (Å²) >= 11 is 0. The summed E-state index contributed by atoms with van der Waals surface area (Å²) in [5.41, 5.74) is 3.84. The lowest BCUT2D eigenvalue weighted by Gasteiger charge is -2.14. The quantitative estimate of drug-likeness (QED) is 0.512. The van der Waals surface area contributed by atoms with Gasteiger partial charge < -0.3 is 10.6 Å². The zero-order valence-corrected chi connectivity index (χ0v) is 17.0. The smallest absolute Gasteiger partial charge is 0.191 e. The lowest BCUT2D eigenvalue weighted by Crippen LogP contribution is -2.36. The summed E-state index contributed by atoms with van der Waals surface area (Å²) in [6.07, 6.45) is 3.03. The molecule has 0 spiro atoms. The van der Waals surface area contributed by atoms with Crippen molar-refractivity contribution in [3.63, 3.8) is 0 Å². The Kier molecular flexibility index (Phi) is 5.94. The molecule has 0 bridgehead atoms. The van der Waals surface area contributed by atoms with Crippen LogP contribution in [0.1, 0.15) is 16.7 Å². The number of guanidine groups is 1. The molecule has 0 saturated heterocycles. The number of nitrogens with zero attached hydrogens (tertiary/aromatic N) is 2. The molecule has 2 aromatic carbocycles. The third kappa shape index (κ3) is 4.67. The van der Waals surface area contributed by atoms with E-state index in [-0.39, 0.29) is 0 Å². The van der Waals surface area contributed by atoms with E-state index >= 15 is 0 Å².